The first-order valence-corrected chi connectivity index (χ1v) is 5.53. The van der Waals surface area contributed by atoms with Gasteiger partial charge < -0.3 is 14.5 Å². The lowest BCUT2D eigenvalue weighted by Gasteiger charge is -2.46. The predicted octanol–water partition coefficient (Wildman–Crippen LogP) is 0.580. The van der Waals surface area contributed by atoms with E-state index in [-0.39, 0.29) is 5.91 Å². The number of hydrogen-bond acceptors (Lipinski definition) is 4. The van der Waals surface area contributed by atoms with Gasteiger partial charge in [0.2, 0.25) is 0 Å². The molecule has 2 aliphatic rings. The van der Waals surface area contributed by atoms with Crippen molar-refractivity contribution < 1.29 is 14.4 Å². The molecule has 0 spiro atoms. The fourth-order valence-corrected chi connectivity index (χ4v) is 2.31. The number of likely N-dealkylation sites (tertiary alicyclic amines) is 1. The number of carbonyl (C=O) groups is 1. The van der Waals surface area contributed by atoms with Gasteiger partial charge in [-0.25, -0.2) is 0 Å². The van der Waals surface area contributed by atoms with E-state index in [1.54, 1.807) is 11.8 Å². The number of hydrogen-bond donors (Lipinski definition) is 1. The highest BCUT2D eigenvalue weighted by Crippen LogP contribution is 2.44. The Morgan fingerprint density at radius 1 is 1.62 bits per heavy atom. The van der Waals surface area contributed by atoms with Crippen molar-refractivity contribution >= 4 is 5.91 Å². The van der Waals surface area contributed by atoms with Crippen LogP contribution in [0.15, 0.2) is 10.7 Å². The van der Waals surface area contributed by atoms with Crippen molar-refractivity contribution in [2.45, 2.75) is 25.4 Å². The molecule has 1 N–H and O–H groups in total. The van der Waals surface area contributed by atoms with Crippen LogP contribution in [0.3, 0.4) is 0 Å². The van der Waals surface area contributed by atoms with Crippen molar-refractivity contribution in [3.8, 4) is 0 Å². The molecule has 86 valence electrons. The van der Waals surface area contributed by atoms with Crippen LogP contribution in [0.5, 0.6) is 0 Å². The maximum Gasteiger partial charge on any atom is 0.259 e. The molecule has 2 fully saturated rings. The second kappa shape index (κ2) is 3.07. The molecular weight excluding hydrogens is 208 g/mol. The van der Waals surface area contributed by atoms with Gasteiger partial charge in [0.15, 0.2) is 0 Å². The Bertz CT molecular complexity index is 430. The lowest BCUT2D eigenvalue weighted by atomic mass is 9.88. The zero-order valence-electron chi connectivity index (χ0n) is 9.14. The van der Waals surface area contributed by atoms with Gasteiger partial charge in [-0.1, -0.05) is 5.16 Å². The van der Waals surface area contributed by atoms with Gasteiger partial charge >= 0.3 is 0 Å². The second-order valence-electron chi connectivity index (χ2n) is 4.83. The van der Waals surface area contributed by atoms with Crippen LogP contribution in [0.25, 0.3) is 0 Å². The molecule has 5 nitrogen and oxygen atoms in total. The van der Waals surface area contributed by atoms with Crippen molar-refractivity contribution in [1.82, 2.24) is 10.1 Å². The summed E-state index contributed by atoms with van der Waals surface area (Å²) in [5, 5.41) is 13.7. The van der Waals surface area contributed by atoms with Crippen LogP contribution in [0, 0.1) is 12.8 Å². The molecule has 0 atom stereocenters. The van der Waals surface area contributed by atoms with Crippen LogP contribution >= 0.6 is 0 Å². The monoisotopic (exact) mass is 222 g/mol. The third kappa shape index (κ3) is 1.35. The summed E-state index contributed by atoms with van der Waals surface area (Å²) in [5.74, 6) is 0.844. The first-order valence-electron chi connectivity index (χ1n) is 5.53. The highest BCUT2D eigenvalue weighted by atomic mass is 16.5. The Hall–Kier alpha value is -1.36. The van der Waals surface area contributed by atoms with Crippen LogP contribution in [-0.2, 0) is 0 Å². The van der Waals surface area contributed by atoms with Crippen molar-refractivity contribution in [3.63, 3.8) is 0 Å². The molecule has 2 heterocycles. The zero-order valence-corrected chi connectivity index (χ0v) is 9.14. The van der Waals surface area contributed by atoms with E-state index >= 15 is 0 Å². The molecule has 16 heavy (non-hydrogen) atoms. The molecule has 3 rings (SSSR count). The Kier molecular flexibility index (Phi) is 1.89. The number of rotatable bonds is 2. The van der Waals surface area contributed by atoms with Crippen molar-refractivity contribution in [2.24, 2.45) is 5.92 Å². The standard InChI is InChI=1S/C11H14N2O3/c1-7-9(4-12-16-7)10(14)13-5-11(15,6-13)8-2-3-8/h4,8,15H,2-3,5-6H2,1H3. The SMILES string of the molecule is Cc1oncc1C(=O)N1CC(O)(C2CC2)C1. The summed E-state index contributed by atoms with van der Waals surface area (Å²) in [6, 6.07) is 0. The number of amides is 1. The van der Waals surface area contributed by atoms with Crippen LogP contribution in [0.2, 0.25) is 0 Å². The lowest BCUT2D eigenvalue weighted by molar-refractivity contribution is -0.0958. The summed E-state index contributed by atoms with van der Waals surface area (Å²) in [4.78, 5) is 13.6. The number of aromatic nitrogens is 1. The molecule has 5 heteroatoms. The van der Waals surface area contributed by atoms with Crippen molar-refractivity contribution in [3.05, 3.63) is 17.5 Å². The van der Waals surface area contributed by atoms with Crippen LogP contribution in [0.1, 0.15) is 29.0 Å². The van der Waals surface area contributed by atoms with E-state index in [0.29, 0.717) is 30.3 Å². The Balaban J connectivity index is 1.68. The molecule has 0 aromatic carbocycles. The number of aryl methyl sites for hydroxylation is 1. The topological polar surface area (TPSA) is 66.6 Å². The highest BCUT2D eigenvalue weighted by Gasteiger charge is 2.53. The summed E-state index contributed by atoms with van der Waals surface area (Å²) >= 11 is 0. The van der Waals surface area contributed by atoms with E-state index in [4.69, 9.17) is 4.52 Å². The van der Waals surface area contributed by atoms with Crippen molar-refractivity contribution in [1.29, 1.82) is 0 Å². The number of aliphatic hydroxyl groups is 1. The lowest BCUT2D eigenvalue weighted by Crippen LogP contribution is -2.64. The largest absolute Gasteiger partial charge is 0.386 e. The molecule has 1 aromatic heterocycles. The quantitative estimate of drug-likeness (QED) is 0.794. The molecule has 1 aliphatic carbocycles. The highest BCUT2D eigenvalue weighted by molar-refractivity contribution is 5.95. The Labute approximate surface area is 93.0 Å². The van der Waals surface area contributed by atoms with Gasteiger partial charge in [0.05, 0.1) is 19.3 Å². The van der Waals surface area contributed by atoms with Gasteiger partial charge in [-0.05, 0) is 25.7 Å². The van der Waals surface area contributed by atoms with Crippen LogP contribution < -0.4 is 0 Å². The van der Waals surface area contributed by atoms with Gasteiger partial charge in [0.1, 0.15) is 16.9 Å². The third-order valence-corrected chi connectivity index (χ3v) is 3.53. The van der Waals surface area contributed by atoms with Crippen molar-refractivity contribution in [2.75, 3.05) is 13.1 Å². The van der Waals surface area contributed by atoms with E-state index in [1.807, 2.05) is 0 Å². The number of β-amino-alcohol motifs (C(OH)–C–C–N with tert-alkyl or cyclic N) is 1. The summed E-state index contributed by atoms with van der Waals surface area (Å²) in [6.07, 6.45) is 3.61. The van der Waals surface area contributed by atoms with Gasteiger partial charge in [-0.3, -0.25) is 4.79 Å². The second-order valence-corrected chi connectivity index (χ2v) is 4.83. The van der Waals surface area contributed by atoms with E-state index in [9.17, 15) is 9.90 Å². The first-order chi connectivity index (χ1) is 7.60. The Morgan fingerprint density at radius 3 is 2.81 bits per heavy atom. The van der Waals surface area contributed by atoms with Crippen LogP contribution in [-0.4, -0.2) is 39.8 Å². The fraction of sp³-hybridized carbons (Fsp3) is 0.636. The molecule has 0 bridgehead atoms. The summed E-state index contributed by atoms with van der Waals surface area (Å²) < 4.78 is 4.86. The number of carbonyl (C=O) groups excluding carboxylic acids is 1. The predicted molar refractivity (Wildman–Crippen MR) is 54.8 cm³/mol. The van der Waals surface area contributed by atoms with E-state index < -0.39 is 5.60 Å². The molecule has 1 saturated carbocycles. The zero-order chi connectivity index (χ0) is 11.3. The average Bonchev–Trinajstić information content (AvgIpc) is 2.97. The first kappa shape index (κ1) is 9.84. The smallest absolute Gasteiger partial charge is 0.259 e. The van der Waals surface area contributed by atoms with Gasteiger partial charge in [-0.15, -0.1) is 0 Å². The molecule has 1 aromatic rings. The third-order valence-electron chi connectivity index (χ3n) is 3.53. The number of nitrogens with zero attached hydrogens (tertiary/aromatic N) is 2. The minimum atomic E-state index is -0.624. The Morgan fingerprint density at radius 2 is 2.31 bits per heavy atom. The normalized spacial score (nSPS) is 23.0. The summed E-state index contributed by atoms with van der Waals surface area (Å²) in [7, 11) is 0. The van der Waals surface area contributed by atoms with E-state index in [0.717, 1.165) is 12.8 Å². The van der Waals surface area contributed by atoms with Gasteiger partial charge in [-0.2, -0.15) is 0 Å². The summed E-state index contributed by atoms with van der Waals surface area (Å²) in [6.45, 7) is 2.61. The minimum absolute atomic E-state index is 0.0934. The molecule has 1 saturated heterocycles. The average molecular weight is 222 g/mol. The molecule has 0 unspecified atom stereocenters. The van der Waals surface area contributed by atoms with Gasteiger partial charge in [0.25, 0.3) is 5.91 Å². The maximum atomic E-state index is 12.0. The van der Waals surface area contributed by atoms with Gasteiger partial charge in [0, 0.05) is 0 Å². The molecular formula is C11H14N2O3. The molecule has 0 radical (unpaired) electrons. The van der Waals surface area contributed by atoms with Crippen LogP contribution in [0.4, 0.5) is 0 Å². The maximum absolute atomic E-state index is 12.0. The fourth-order valence-electron chi connectivity index (χ4n) is 2.31. The van der Waals surface area contributed by atoms with E-state index in [1.165, 1.54) is 6.20 Å². The summed E-state index contributed by atoms with van der Waals surface area (Å²) in [5.41, 5.74) is -0.126. The van der Waals surface area contributed by atoms with E-state index in [2.05, 4.69) is 5.16 Å². The minimum Gasteiger partial charge on any atom is -0.386 e. The molecule has 1 aliphatic heterocycles. The molecule has 1 amide bonds.